The highest BCUT2D eigenvalue weighted by Crippen LogP contribution is 2.23. The van der Waals surface area contributed by atoms with E-state index >= 15 is 0 Å². The van der Waals surface area contributed by atoms with Crippen molar-refractivity contribution >= 4 is 0 Å². The van der Waals surface area contributed by atoms with Gasteiger partial charge >= 0.3 is 0 Å². The maximum absolute atomic E-state index is 4.81. The summed E-state index contributed by atoms with van der Waals surface area (Å²) in [6.07, 6.45) is 8.59. The largest absolute Gasteiger partial charge is 0.313 e. The number of aryl methyl sites for hydroxylation is 3. The van der Waals surface area contributed by atoms with E-state index in [9.17, 15) is 0 Å². The quantitative estimate of drug-likeness (QED) is 0.415. The molecule has 3 aromatic heterocycles. The van der Waals surface area contributed by atoms with Crippen LogP contribution in [0.5, 0.6) is 0 Å². The second-order valence-electron chi connectivity index (χ2n) is 7.98. The topological polar surface area (TPSA) is 90.1 Å². The van der Waals surface area contributed by atoms with Crippen LogP contribution >= 0.6 is 0 Å². The maximum Gasteiger partial charge on any atom is 0.221 e. The molecule has 162 valence electrons. The molecule has 0 aliphatic carbocycles. The van der Waals surface area contributed by atoms with Crippen molar-refractivity contribution in [1.29, 1.82) is 0 Å². The standard InChI is InChI=1S/C23H30N8/c1-4-6-8-21-24-22(9-7-5-2)31(27-21)16-18-10-12-19(13-11-18)30-15-17(3)14-20(30)23-25-28-29-26-23/h10-15H,4-9,16H2,1-3H3,(H,25,26,28,29). The summed E-state index contributed by atoms with van der Waals surface area (Å²) in [7, 11) is 0. The van der Waals surface area contributed by atoms with Crippen molar-refractivity contribution in [3.63, 3.8) is 0 Å². The van der Waals surface area contributed by atoms with E-state index < -0.39 is 0 Å². The SMILES string of the molecule is CCCCc1nc(CCCC)n(Cc2ccc(-n3cc(C)cc3-c3nn[nH]n3)cc2)n1. The Balaban J connectivity index is 1.55. The zero-order valence-electron chi connectivity index (χ0n) is 18.5. The molecule has 0 aliphatic rings. The lowest BCUT2D eigenvalue weighted by molar-refractivity contribution is 0.612. The fraction of sp³-hybridized carbons (Fsp3) is 0.435. The number of hydrogen-bond donors (Lipinski definition) is 1. The molecule has 1 N–H and O–H groups in total. The first-order chi connectivity index (χ1) is 15.2. The van der Waals surface area contributed by atoms with E-state index in [0.717, 1.165) is 73.7 Å². The molecule has 0 amide bonds. The van der Waals surface area contributed by atoms with Gasteiger partial charge in [0.25, 0.3) is 0 Å². The van der Waals surface area contributed by atoms with Crippen molar-refractivity contribution in [2.45, 2.75) is 65.8 Å². The summed E-state index contributed by atoms with van der Waals surface area (Å²) in [6.45, 7) is 7.21. The number of aromatic amines is 1. The van der Waals surface area contributed by atoms with Crippen LogP contribution in [0.2, 0.25) is 0 Å². The first-order valence-corrected chi connectivity index (χ1v) is 11.1. The minimum absolute atomic E-state index is 0.583. The van der Waals surface area contributed by atoms with E-state index in [1.165, 1.54) is 5.56 Å². The number of benzene rings is 1. The van der Waals surface area contributed by atoms with Gasteiger partial charge in [-0.25, -0.2) is 9.67 Å². The van der Waals surface area contributed by atoms with Gasteiger partial charge in [0.15, 0.2) is 5.82 Å². The number of nitrogens with zero attached hydrogens (tertiary/aromatic N) is 7. The fourth-order valence-corrected chi connectivity index (χ4v) is 3.70. The summed E-state index contributed by atoms with van der Waals surface area (Å²) in [5.41, 5.74) is 4.33. The molecule has 0 unspecified atom stereocenters. The van der Waals surface area contributed by atoms with E-state index in [1.807, 2.05) is 0 Å². The molecule has 1 aromatic carbocycles. The van der Waals surface area contributed by atoms with Gasteiger partial charge < -0.3 is 4.57 Å². The summed E-state index contributed by atoms with van der Waals surface area (Å²) < 4.78 is 4.18. The van der Waals surface area contributed by atoms with E-state index in [-0.39, 0.29) is 0 Å². The number of nitrogens with one attached hydrogen (secondary N) is 1. The molecule has 31 heavy (non-hydrogen) atoms. The molecule has 8 heteroatoms. The molecule has 0 aliphatic heterocycles. The van der Waals surface area contributed by atoms with Crippen LogP contribution in [0.25, 0.3) is 17.2 Å². The molecule has 0 atom stereocenters. The van der Waals surface area contributed by atoms with Crippen LogP contribution in [0.3, 0.4) is 0 Å². The lowest BCUT2D eigenvalue weighted by Crippen LogP contribution is -2.07. The summed E-state index contributed by atoms with van der Waals surface area (Å²) in [5.74, 6) is 2.65. The number of H-pyrrole nitrogens is 1. The molecular weight excluding hydrogens is 388 g/mol. The molecule has 0 spiro atoms. The third kappa shape index (κ3) is 4.90. The predicted octanol–water partition coefficient (Wildman–Crippen LogP) is 4.29. The van der Waals surface area contributed by atoms with Crippen LogP contribution in [0.1, 0.15) is 62.3 Å². The third-order valence-corrected chi connectivity index (χ3v) is 5.38. The molecule has 0 fully saturated rings. The molecule has 0 saturated carbocycles. The van der Waals surface area contributed by atoms with Gasteiger partial charge in [0, 0.05) is 24.7 Å². The van der Waals surface area contributed by atoms with Crippen LogP contribution in [0, 0.1) is 6.92 Å². The number of tetrazole rings is 1. The monoisotopic (exact) mass is 418 g/mol. The highest BCUT2D eigenvalue weighted by molar-refractivity contribution is 5.56. The Morgan fingerprint density at radius 3 is 2.48 bits per heavy atom. The van der Waals surface area contributed by atoms with Gasteiger partial charge in [-0.1, -0.05) is 38.8 Å². The van der Waals surface area contributed by atoms with Crippen molar-refractivity contribution in [3.05, 3.63) is 59.3 Å². The lowest BCUT2D eigenvalue weighted by atomic mass is 10.2. The second-order valence-corrected chi connectivity index (χ2v) is 7.98. The Hall–Kier alpha value is -3.29. The first kappa shape index (κ1) is 21.0. The van der Waals surface area contributed by atoms with Gasteiger partial charge in [-0.05, 0) is 54.3 Å². The maximum atomic E-state index is 4.81. The minimum atomic E-state index is 0.583. The van der Waals surface area contributed by atoms with E-state index in [0.29, 0.717) is 5.82 Å². The van der Waals surface area contributed by atoms with Crippen molar-refractivity contribution in [3.8, 4) is 17.2 Å². The van der Waals surface area contributed by atoms with Crippen LogP contribution in [-0.2, 0) is 19.4 Å². The summed E-state index contributed by atoms with van der Waals surface area (Å²) >= 11 is 0. The number of rotatable bonds is 10. The molecule has 4 rings (SSSR count). The summed E-state index contributed by atoms with van der Waals surface area (Å²) in [4.78, 5) is 4.81. The Morgan fingerprint density at radius 1 is 1.00 bits per heavy atom. The number of hydrogen-bond acceptors (Lipinski definition) is 5. The second kappa shape index (κ2) is 9.68. The van der Waals surface area contributed by atoms with E-state index in [2.05, 4.69) is 87.2 Å². The highest BCUT2D eigenvalue weighted by atomic mass is 15.5. The van der Waals surface area contributed by atoms with Crippen LogP contribution in [0.15, 0.2) is 36.5 Å². The van der Waals surface area contributed by atoms with E-state index in [1.54, 1.807) is 0 Å². The fourth-order valence-electron chi connectivity index (χ4n) is 3.70. The average molecular weight is 419 g/mol. The zero-order valence-corrected chi connectivity index (χ0v) is 18.5. The lowest BCUT2D eigenvalue weighted by Gasteiger charge is -2.09. The first-order valence-electron chi connectivity index (χ1n) is 11.1. The van der Waals surface area contributed by atoms with Gasteiger partial charge in [0.1, 0.15) is 5.82 Å². The van der Waals surface area contributed by atoms with Gasteiger partial charge in [0.2, 0.25) is 5.82 Å². The Morgan fingerprint density at radius 2 is 1.77 bits per heavy atom. The predicted molar refractivity (Wildman–Crippen MR) is 120 cm³/mol. The smallest absolute Gasteiger partial charge is 0.221 e. The van der Waals surface area contributed by atoms with Crippen molar-refractivity contribution in [2.75, 3.05) is 0 Å². The highest BCUT2D eigenvalue weighted by Gasteiger charge is 2.13. The normalized spacial score (nSPS) is 11.3. The molecule has 4 aromatic rings. The summed E-state index contributed by atoms with van der Waals surface area (Å²) in [6, 6.07) is 10.6. The van der Waals surface area contributed by atoms with Gasteiger partial charge in [-0.3, -0.25) is 0 Å². The molecule has 0 saturated heterocycles. The van der Waals surface area contributed by atoms with Crippen molar-refractivity contribution in [1.82, 2.24) is 40.0 Å². The summed E-state index contributed by atoms with van der Waals surface area (Å²) in [5, 5.41) is 19.3. The van der Waals surface area contributed by atoms with Crippen molar-refractivity contribution < 1.29 is 0 Å². The zero-order chi connectivity index (χ0) is 21.6. The molecule has 8 nitrogen and oxygen atoms in total. The van der Waals surface area contributed by atoms with Gasteiger partial charge in [-0.2, -0.15) is 10.3 Å². The number of unbranched alkanes of at least 4 members (excludes halogenated alkanes) is 2. The van der Waals surface area contributed by atoms with Crippen LogP contribution in [0.4, 0.5) is 0 Å². The van der Waals surface area contributed by atoms with Crippen LogP contribution in [-0.4, -0.2) is 40.0 Å². The molecule has 3 heterocycles. The minimum Gasteiger partial charge on any atom is -0.313 e. The average Bonchev–Trinajstić information content (AvgIpc) is 3.51. The molecule has 0 radical (unpaired) electrons. The molecular formula is C23H30N8. The van der Waals surface area contributed by atoms with Gasteiger partial charge in [-0.15, -0.1) is 10.2 Å². The number of aromatic nitrogens is 8. The Bertz CT molecular complexity index is 1090. The van der Waals surface area contributed by atoms with Crippen LogP contribution < -0.4 is 0 Å². The third-order valence-electron chi connectivity index (χ3n) is 5.38. The van der Waals surface area contributed by atoms with Crippen molar-refractivity contribution in [2.24, 2.45) is 0 Å². The molecule has 0 bridgehead atoms. The Labute approximate surface area is 182 Å². The van der Waals surface area contributed by atoms with E-state index in [4.69, 9.17) is 10.1 Å². The van der Waals surface area contributed by atoms with Gasteiger partial charge in [0.05, 0.1) is 12.2 Å². The Kier molecular flexibility index (Phi) is 6.54.